The molecule has 0 aromatic heterocycles. The first-order valence-corrected chi connectivity index (χ1v) is 11.8. The third-order valence-electron chi connectivity index (χ3n) is 4.98. The number of hydrogen-bond donors (Lipinski definition) is 1. The van der Waals surface area contributed by atoms with E-state index in [-0.39, 0.29) is 10.5 Å². The molecule has 3 rings (SSSR count). The number of carbonyl (C=O) groups excluding carboxylic acids is 2. The fourth-order valence-electron chi connectivity index (χ4n) is 3.24. The van der Waals surface area contributed by atoms with E-state index in [1.54, 1.807) is 62.4 Å². The van der Waals surface area contributed by atoms with E-state index in [0.717, 1.165) is 4.31 Å². The van der Waals surface area contributed by atoms with Gasteiger partial charge in [0.15, 0.2) is 0 Å². The quantitative estimate of drug-likeness (QED) is 0.493. The highest BCUT2D eigenvalue weighted by atomic mass is 35.5. The van der Waals surface area contributed by atoms with Crippen molar-refractivity contribution in [3.05, 3.63) is 88.4 Å². The Balaban J connectivity index is 1.97. The van der Waals surface area contributed by atoms with Gasteiger partial charge in [-0.3, -0.25) is 9.10 Å². The molecule has 0 fully saturated rings. The maximum absolute atomic E-state index is 13.5. The number of nitrogens with zero attached hydrogens (tertiary/aromatic N) is 1. The minimum atomic E-state index is -4.06. The van der Waals surface area contributed by atoms with Crippen molar-refractivity contribution in [1.29, 1.82) is 0 Å². The maximum atomic E-state index is 13.5. The molecule has 0 spiro atoms. The van der Waals surface area contributed by atoms with Crippen LogP contribution in [0.25, 0.3) is 0 Å². The Bertz CT molecular complexity index is 1290. The predicted molar refractivity (Wildman–Crippen MR) is 128 cm³/mol. The number of benzene rings is 3. The van der Waals surface area contributed by atoms with Crippen LogP contribution in [0.2, 0.25) is 5.02 Å². The Kier molecular flexibility index (Phi) is 7.40. The average molecular weight is 487 g/mol. The number of aryl methyl sites for hydroxylation is 2. The van der Waals surface area contributed by atoms with Crippen molar-refractivity contribution in [1.82, 2.24) is 0 Å². The molecule has 172 valence electrons. The smallest absolute Gasteiger partial charge is 0.337 e. The standard InChI is InChI=1S/C24H23ClN2O5S/c1-16-9-10-18(24(29)32-3)14-21(16)26-23(28)15-27(22-12-11-19(25)13-17(22)2)33(30,31)20-7-5-4-6-8-20/h4-14H,15H2,1-3H3,(H,26,28). The van der Waals surface area contributed by atoms with E-state index < -0.39 is 28.4 Å². The lowest BCUT2D eigenvalue weighted by Gasteiger charge is -2.26. The Morgan fingerprint density at radius 1 is 0.970 bits per heavy atom. The van der Waals surface area contributed by atoms with E-state index in [1.165, 1.54) is 25.3 Å². The fraction of sp³-hybridized carbons (Fsp3) is 0.167. The molecule has 3 aromatic carbocycles. The van der Waals surface area contributed by atoms with Gasteiger partial charge in [0.1, 0.15) is 6.54 Å². The summed E-state index contributed by atoms with van der Waals surface area (Å²) in [5.74, 6) is -1.12. The van der Waals surface area contributed by atoms with Crippen molar-refractivity contribution in [2.45, 2.75) is 18.7 Å². The molecule has 9 heteroatoms. The van der Waals surface area contributed by atoms with E-state index in [0.29, 0.717) is 27.5 Å². The lowest BCUT2D eigenvalue weighted by atomic mass is 10.1. The van der Waals surface area contributed by atoms with Crippen molar-refractivity contribution in [3.63, 3.8) is 0 Å². The van der Waals surface area contributed by atoms with Gasteiger partial charge < -0.3 is 10.1 Å². The van der Waals surface area contributed by atoms with Crippen LogP contribution in [0.5, 0.6) is 0 Å². The molecule has 0 saturated heterocycles. The summed E-state index contributed by atoms with van der Waals surface area (Å²) in [6, 6.07) is 17.4. The Labute approximate surface area is 198 Å². The third kappa shape index (κ3) is 5.53. The first-order chi connectivity index (χ1) is 15.6. The fourth-order valence-corrected chi connectivity index (χ4v) is 4.97. The van der Waals surface area contributed by atoms with Crippen LogP contribution in [0.1, 0.15) is 21.5 Å². The molecule has 7 nitrogen and oxygen atoms in total. The molecule has 1 amide bonds. The summed E-state index contributed by atoms with van der Waals surface area (Å²) >= 11 is 6.05. The van der Waals surface area contributed by atoms with Gasteiger partial charge >= 0.3 is 5.97 Å². The van der Waals surface area contributed by atoms with Gasteiger partial charge in [-0.15, -0.1) is 0 Å². The number of anilines is 2. The minimum Gasteiger partial charge on any atom is -0.465 e. The molecule has 0 saturated carbocycles. The van der Waals surface area contributed by atoms with Crippen molar-refractivity contribution >= 4 is 44.9 Å². The zero-order valence-electron chi connectivity index (χ0n) is 18.3. The van der Waals surface area contributed by atoms with E-state index in [2.05, 4.69) is 5.32 Å². The lowest BCUT2D eigenvalue weighted by molar-refractivity contribution is -0.114. The van der Waals surface area contributed by atoms with Crippen molar-refractivity contribution in [2.75, 3.05) is 23.3 Å². The first-order valence-electron chi connectivity index (χ1n) is 9.96. The van der Waals surface area contributed by atoms with Gasteiger partial charge in [0.05, 0.1) is 23.3 Å². The predicted octanol–water partition coefficient (Wildman–Crippen LogP) is 4.58. The van der Waals surface area contributed by atoms with Gasteiger partial charge in [-0.25, -0.2) is 13.2 Å². The van der Waals surface area contributed by atoms with Crippen LogP contribution in [0, 0.1) is 13.8 Å². The summed E-state index contributed by atoms with van der Waals surface area (Å²) in [6.45, 7) is 3.00. The molecule has 3 aromatic rings. The second-order valence-electron chi connectivity index (χ2n) is 7.33. The van der Waals surface area contributed by atoms with E-state index in [4.69, 9.17) is 16.3 Å². The zero-order valence-corrected chi connectivity index (χ0v) is 19.9. The first kappa shape index (κ1) is 24.3. The molecular weight excluding hydrogens is 464 g/mol. The number of esters is 1. The molecule has 0 heterocycles. The van der Waals surface area contributed by atoms with Gasteiger partial charge in [-0.2, -0.15) is 0 Å². The van der Waals surface area contributed by atoms with Crippen molar-refractivity contribution in [2.24, 2.45) is 0 Å². The maximum Gasteiger partial charge on any atom is 0.337 e. The van der Waals surface area contributed by atoms with Gasteiger partial charge in [0.25, 0.3) is 10.0 Å². The minimum absolute atomic E-state index is 0.0519. The number of methoxy groups -OCH3 is 1. The van der Waals surface area contributed by atoms with Gasteiger partial charge in [-0.05, 0) is 67.4 Å². The van der Waals surface area contributed by atoms with Crippen LogP contribution in [-0.4, -0.2) is 33.9 Å². The number of halogens is 1. The molecule has 33 heavy (non-hydrogen) atoms. The van der Waals surface area contributed by atoms with Crippen molar-refractivity contribution < 1.29 is 22.7 Å². The SMILES string of the molecule is COC(=O)c1ccc(C)c(NC(=O)CN(c2ccc(Cl)cc2C)S(=O)(=O)c2ccccc2)c1. The van der Waals surface area contributed by atoms with Crippen LogP contribution >= 0.6 is 11.6 Å². The highest BCUT2D eigenvalue weighted by Gasteiger charge is 2.28. The van der Waals surface area contributed by atoms with E-state index >= 15 is 0 Å². The highest BCUT2D eigenvalue weighted by molar-refractivity contribution is 7.92. The molecule has 0 radical (unpaired) electrons. The summed E-state index contributed by atoms with van der Waals surface area (Å²) in [7, 11) is -2.79. The number of amides is 1. The van der Waals surface area contributed by atoms with E-state index in [1.807, 2.05) is 0 Å². The van der Waals surface area contributed by atoms with Gasteiger partial charge in [0, 0.05) is 10.7 Å². The van der Waals surface area contributed by atoms with Crippen LogP contribution < -0.4 is 9.62 Å². The highest BCUT2D eigenvalue weighted by Crippen LogP contribution is 2.29. The summed E-state index contributed by atoms with van der Waals surface area (Å²) in [5, 5.41) is 3.16. The molecule has 1 N–H and O–H groups in total. The number of hydrogen-bond acceptors (Lipinski definition) is 5. The summed E-state index contributed by atoms with van der Waals surface area (Å²) < 4.78 is 32.7. The monoisotopic (exact) mass is 486 g/mol. The summed E-state index contributed by atoms with van der Waals surface area (Å²) in [4.78, 5) is 24.9. The molecule has 0 bridgehead atoms. The number of sulfonamides is 1. The zero-order chi connectivity index (χ0) is 24.2. The molecule has 0 aliphatic rings. The Hall–Kier alpha value is -3.36. The molecule has 0 unspecified atom stereocenters. The third-order valence-corrected chi connectivity index (χ3v) is 6.99. The van der Waals surface area contributed by atoms with Crippen LogP contribution in [0.3, 0.4) is 0 Å². The molecule has 0 aliphatic heterocycles. The van der Waals surface area contributed by atoms with Crippen LogP contribution in [0.15, 0.2) is 71.6 Å². The summed E-state index contributed by atoms with van der Waals surface area (Å²) in [5.41, 5.74) is 2.28. The molecule has 0 atom stereocenters. The Morgan fingerprint density at radius 2 is 1.67 bits per heavy atom. The van der Waals surface area contributed by atoms with Gasteiger partial charge in [0.2, 0.25) is 5.91 Å². The molecule has 0 aliphatic carbocycles. The molecular formula is C24H23ClN2O5S. The Morgan fingerprint density at radius 3 is 2.30 bits per heavy atom. The largest absolute Gasteiger partial charge is 0.465 e. The number of nitrogens with one attached hydrogen (secondary N) is 1. The van der Waals surface area contributed by atoms with Gasteiger partial charge in [-0.1, -0.05) is 35.9 Å². The van der Waals surface area contributed by atoms with E-state index in [9.17, 15) is 18.0 Å². The van der Waals surface area contributed by atoms with Crippen LogP contribution in [-0.2, 0) is 19.6 Å². The van der Waals surface area contributed by atoms with Crippen LogP contribution in [0.4, 0.5) is 11.4 Å². The lowest BCUT2D eigenvalue weighted by Crippen LogP contribution is -2.38. The number of ether oxygens (including phenoxy) is 1. The van der Waals surface area contributed by atoms with Crippen molar-refractivity contribution in [3.8, 4) is 0 Å². The summed E-state index contributed by atoms with van der Waals surface area (Å²) in [6.07, 6.45) is 0. The second-order valence-corrected chi connectivity index (χ2v) is 9.62. The topological polar surface area (TPSA) is 92.8 Å². The normalized spacial score (nSPS) is 11.0. The average Bonchev–Trinajstić information content (AvgIpc) is 2.79. The number of carbonyl (C=O) groups is 2. The number of rotatable bonds is 7. The second kappa shape index (κ2) is 10.1.